The predicted octanol–water partition coefficient (Wildman–Crippen LogP) is 3.16. The van der Waals surface area contributed by atoms with Crippen LogP contribution in [0.5, 0.6) is 5.75 Å². The van der Waals surface area contributed by atoms with Crippen LogP contribution in [0, 0.1) is 11.7 Å². The van der Waals surface area contributed by atoms with E-state index < -0.39 is 41.5 Å². The molecule has 2 aromatic carbocycles. The summed E-state index contributed by atoms with van der Waals surface area (Å²) in [4.78, 5) is 24.8. The molecule has 0 aliphatic carbocycles. The molecular formula is C22H24F4N2O4. The number of rotatable bonds is 9. The Bertz CT molecular complexity index is 934. The number of hydrogen-bond donors (Lipinski definition) is 3. The van der Waals surface area contributed by atoms with Crippen molar-refractivity contribution in [1.82, 2.24) is 10.6 Å². The summed E-state index contributed by atoms with van der Waals surface area (Å²) < 4.78 is 57.2. The number of benzene rings is 2. The molecular weight excluding hydrogens is 432 g/mol. The molecule has 0 aromatic heterocycles. The highest BCUT2D eigenvalue weighted by Crippen LogP contribution is 2.31. The molecule has 0 aliphatic rings. The summed E-state index contributed by atoms with van der Waals surface area (Å²) in [6.45, 7) is 2.73. The summed E-state index contributed by atoms with van der Waals surface area (Å²) in [7, 11) is 0. The number of carbonyl (C=O) groups is 2. The van der Waals surface area contributed by atoms with Gasteiger partial charge in [0.2, 0.25) is 5.91 Å². The van der Waals surface area contributed by atoms with Gasteiger partial charge in [-0.25, -0.2) is 4.39 Å². The van der Waals surface area contributed by atoms with Crippen LogP contribution in [0.15, 0.2) is 48.5 Å². The van der Waals surface area contributed by atoms with E-state index in [1.165, 1.54) is 30.3 Å². The van der Waals surface area contributed by atoms with Crippen LogP contribution in [0.3, 0.4) is 0 Å². The molecule has 10 heteroatoms. The van der Waals surface area contributed by atoms with Crippen molar-refractivity contribution in [1.29, 1.82) is 0 Å². The fourth-order valence-electron chi connectivity index (χ4n) is 2.74. The van der Waals surface area contributed by atoms with Gasteiger partial charge in [-0.1, -0.05) is 32.0 Å². The predicted molar refractivity (Wildman–Crippen MR) is 108 cm³/mol. The molecule has 3 N–H and O–H groups in total. The third-order valence-electron chi connectivity index (χ3n) is 4.47. The lowest BCUT2D eigenvalue weighted by Gasteiger charge is -2.23. The van der Waals surface area contributed by atoms with E-state index in [-0.39, 0.29) is 30.4 Å². The fourth-order valence-corrected chi connectivity index (χ4v) is 2.74. The third kappa shape index (κ3) is 7.23. The molecule has 2 aromatic rings. The van der Waals surface area contributed by atoms with E-state index in [1.54, 1.807) is 13.8 Å². The molecule has 2 amide bonds. The first-order valence-electron chi connectivity index (χ1n) is 9.80. The number of alkyl halides is 3. The van der Waals surface area contributed by atoms with Crippen LogP contribution in [0.4, 0.5) is 17.6 Å². The number of carbonyl (C=O) groups excluding carboxylic acids is 2. The van der Waals surface area contributed by atoms with E-state index in [4.69, 9.17) is 4.74 Å². The number of amides is 2. The highest BCUT2D eigenvalue weighted by molar-refractivity contribution is 5.97. The Hall–Kier alpha value is -3.14. The Morgan fingerprint density at radius 3 is 2.41 bits per heavy atom. The second-order valence-electron chi connectivity index (χ2n) is 7.41. The summed E-state index contributed by atoms with van der Waals surface area (Å²) in [6, 6.07) is 8.52. The van der Waals surface area contributed by atoms with Gasteiger partial charge in [0.25, 0.3) is 5.91 Å². The standard InChI is InChI=1S/C22H24F4N2O4/c1-13(2)19(28-20(30)17-8-3-4-9-18(17)23)21(31)27-11-15(29)12-32-16-7-5-6-14(10-16)22(24,25)26/h3-10,13,15,19,29H,11-12H2,1-2H3,(H,27,31)(H,28,30). The Kier molecular flexibility index (Phi) is 8.59. The highest BCUT2D eigenvalue weighted by atomic mass is 19.4. The van der Waals surface area contributed by atoms with E-state index in [2.05, 4.69) is 10.6 Å². The number of ether oxygens (including phenoxy) is 1. The minimum atomic E-state index is -4.52. The van der Waals surface area contributed by atoms with Gasteiger partial charge in [-0.05, 0) is 36.2 Å². The molecule has 174 valence electrons. The van der Waals surface area contributed by atoms with Gasteiger partial charge >= 0.3 is 6.18 Å². The van der Waals surface area contributed by atoms with Crippen molar-refractivity contribution in [2.45, 2.75) is 32.2 Å². The maximum absolute atomic E-state index is 13.8. The molecule has 0 bridgehead atoms. The maximum Gasteiger partial charge on any atom is 0.416 e. The van der Waals surface area contributed by atoms with Gasteiger partial charge < -0.3 is 20.5 Å². The van der Waals surface area contributed by atoms with Gasteiger partial charge in [-0.2, -0.15) is 13.2 Å². The number of aliphatic hydroxyl groups excluding tert-OH is 1. The topological polar surface area (TPSA) is 87.7 Å². The Balaban J connectivity index is 1.89. The van der Waals surface area contributed by atoms with Crippen LogP contribution in [-0.2, 0) is 11.0 Å². The van der Waals surface area contributed by atoms with Crippen LogP contribution < -0.4 is 15.4 Å². The summed E-state index contributed by atoms with van der Waals surface area (Å²) in [5.41, 5.74) is -1.09. The number of halogens is 4. The lowest BCUT2D eigenvalue weighted by molar-refractivity contribution is -0.137. The van der Waals surface area contributed by atoms with Crippen LogP contribution >= 0.6 is 0 Å². The molecule has 0 saturated carbocycles. The Labute approximate surface area is 182 Å². The molecule has 2 rings (SSSR count). The third-order valence-corrected chi connectivity index (χ3v) is 4.47. The van der Waals surface area contributed by atoms with Gasteiger partial charge in [-0.3, -0.25) is 9.59 Å². The SMILES string of the molecule is CC(C)C(NC(=O)c1ccccc1F)C(=O)NCC(O)COc1cccc(C(F)(F)F)c1. The normalized spacial score (nSPS) is 13.4. The Morgan fingerprint density at radius 2 is 1.78 bits per heavy atom. The Morgan fingerprint density at radius 1 is 1.09 bits per heavy atom. The van der Waals surface area contributed by atoms with Crippen molar-refractivity contribution >= 4 is 11.8 Å². The average molecular weight is 456 g/mol. The first-order chi connectivity index (χ1) is 15.0. The van der Waals surface area contributed by atoms with Crippen LogP contribution in [-0.4, -0.2) is 42.2 Å². The van der Waals surface area contributed by atoms with Crippen molar-refractivity contribution in [3.63, 3.8) is 0 Å². The zero-order valence-electron chi connectivity index (χ0n) is 17.4. The zero-order chi connectivity index (χ0) is 23.9. The molecule has 0 fully saturated rings. The monoisotopic (exact) mass is 456 g/mol. The van der Waals surface area contributed by atoms with Crippen LogP contribution in [0.2, 0.25) is 0 Å². The summed E-state index contributed by atoms with van der Waals surface area (Å²) in [6.07, 6.45) is -5.74. The van der Waals surface area contributed by atoms with Gasteiger partial charge in [0, 0.05) is 6.54 Å². The molecule has 32 heavy (non-hydrogen) atoms. The summed E-state index contributed by atoms with van der Waals surface area (Å²) in [5, 5.41) is 14.9. The van der Waals surface area contributed by atoms with Gasteiger partial charge in [-0.15, -0.1) is 0 Å². The number of hydrogen-bond acceptors (Lipinski definition) is 4. The molecule has 0 spiro atoms. The van der Waals surface area contributed by atoms with Gasteiger partial charge in [0.1, 0.15) is 30.3 Å². The second kappa shape index (κ2) is 10.9. The van der Waals surface area contributed by atoms with Crippen LogP contribution in [0.25, 0.3) is 0 Å². The van der Waals surface area contributed by atoms with Gasteiger partial charge in [0.05, 0.1) is 11.1 Å². The quantitative estimate of drug-likeness (QED) is 0.506. The maximum atomic E-state index is 13.8. The molecule has 0 saturated heterocycles. The smallest absolute Gasteiger partial charge is 0.416 e. The summed E-state index contributed by atoms with van der Waals surface area (Å²) in [5.74, 6) is -2.52. The van der Waals surface area contributed by atoms with E-state index in [0.717, 1.165) is 18.2 Å². The lowest BCUT2D eigenvalue weighted by atomic mass is 10.0. The average Bonchev–Trinajstić information content (AvgIpc) is 2.74. The number of nitrogens with one attached hydrogen (secondary N) is 2. The molecule has 2 atom stereocenters. The first kappa shape index (κ1) is 25.1. The van der Waals surface area contributed by atoms with Crippen molar-refractivity contribution in [3.8, 4) is 5.75 Å². The van der Waals surface area contributed by atoms with Crippen molar-refractivity contribution in [2.24, 2.45) is 5.92 Å². The van der Waals surface area contributed by atoms with Crippen molar-refractivity contribution in [3.05, 3.63) is 65.5 Å². The van der Waals surface area contributed by atoms with Crippen LogP contribution in [0.1, 0.15) is 29.8 Å². The second-order valence-corrected chi connectivity index (χ2v) is 7.41. The molecule has 6 nitrogen and oxygen atoms in total. The molecule has 0 aliphatic heterocycles. The van der Waals surface area contributed by atoms with Gasteiger partial charge in [0.15, 0.2) is 0 Å². The van der Waals surface area contributed by atoms with Crippen molar-refractivity contribution < 1.29 is 37.0 Å². The minimum absolute atomic E-state index is 0.0811. The van der Waals surface area contributed by atoms with E-state index >= 15 is 0 Å². The lowest BCUT2D eigenvalue weighted by Crippen LogP contribution is -2.51. The van der Waals surface area contributed by atoms with Crippen molar-refractivity contribution in [2.75, 3.05) is 13.2 Å². The summed E-state index contributed by atoms with van der Waals surface area (Å²) >= 11 is 0. The number of aliphatic hydroxyl groups is 1. The van der Waals surface area contributed by atoms with E-state index in [0.29, 0.717) is 0 Å². The van der Waals surface area contributed by atoms with E-state index in [1.807, 2.05) is 0 Å². The largest absolute Gasteiger partial charge is 0.491 e. The minimum Gasteiger partial charge on any atom is -0.491 e. The molecule has 2 unspecified atom stereocenters. The molecule has 0 radical (unpaired) electrons. The van der Waals surface area contributed by atoms with E-state index in [9.17, 15) is 32.3 Å². The highest BCUT2D eigenvalue weighted by Gasteiger charge is 2.30. The zero-order valence-corrected chi connectivity index (χ0v) is 17.4. The molecule has 0 heterocycles. The fraction of sp³-hybridized carbons (Fsp3) is 0.364. The first-order valence-corrected chi connectivity index (χ1v) is 9.80.